The van der Waals surface area contributed by atoms with Crippen molar-refractivity contribution < 1.29 is 4.74 Å². The van der Waals surface area contributed by atoms with Crippen LogP contribution in [-0.2, 0) is 11.8 Å². The Hall–Kier alpha value is -2.93. The zero-order valence-electron chi connectivity index (χ0n) is 15.3. The predicted molar refractivity (Wildman–Crippen MR) is 106 cm³/mol. The number of fused-ring (bicyclic) bond motifs is 2. The summed E-state index contributed by atoms with van der Waals surface area (Å²) in [7, 11) is 2.00. The van der Waals surface area contributed by atoms with Gasteiger partial charge < -0.3 is 19.6 Å². The van der Waals surface area contributed by atoms with E-state index in [2.05, 4.69) is 26.5 Å². The Morgan fingerprint density at radius 3 is 2.93 bits per heavy atom. The standard InChI is InChI=1S/C20H22N6O/c1-26-11-14(18-24-15-4-2-3-5-16(15)25-18)17-19(22-12-23-20(17)26)21-10-13-6-8-27-9-7-13/h2-5,11-13H,6-10H2,1H3,(H,24,25)(H,21,22,23). The van der Waals surface area contributed by atoms with Gasteiger partial charge in [-0.1, -0.05) is 12.1 Å². The molecule has 0 unspecified atom stereocenters. The van der Waals surface area contributed by atoms with Gasteiger partial charge in [0.15, 0.2) is 0 Å². The maximum Gasteiger partial charge on any atom is 0.145 e. The average molecular weight is 362 g/mol. The fourth-order valence-electron chi connectivity index (χ4n) is 3.80. The molecule has 1 aromatic carbocycles. The number of anilines is 1. The van der Waals surface area contributed by atoms with Crippen molar-refractivity contribution in [3.63, 3.8) is 0 Å². The molecule has 1 saturated heterocycles. The van der Waals surface area contributed by atoms with Crippen molar-refractivity contribution in [3.8, 4) is 11.4 Å². The number of aromatic amines is 1. The molecule has 0 radical (unpaired) electrons. The number of nitrogens with one attached hydrogen (secondary N) is 2. The molecule has 4 heterocycles. The van der Waals surface area contributed by atoms with Crippen molar-refractivity contribution in [1.29, 1.82) is 0 Å². The van der Waals surface area contributed by atoms with Gasteiger partial charge in [-0.2, -0.15) is 0 Å². The molecule has 7 nitrogen and oxygen atoms in total. The highest BCUT2D eigenvalue weighted by Gasteiger charge is 2.19. The molecule has 0 spiro atoms. The molecule has 0 amide bonds. The van der Waals surface area contributed by atoms with Crippen molar-refractivity contribution >= 4 is 27.9 Å². The molecule has 27 heavy (non-hydrogen) atoms. The number of aromatic nitrogens is 5. The normalized spacial score (nSPS) is 15.6. The molecule has 4 aromatic rings. The highest BCUT2D eigenvalue weighted by Crippen LogP contribution is 2.33. The number of H-pyrrole nitrogens is 1. The van der Waals surface area contributed by atoms with E-state index >= 15 is 0 Å². The summed E-state index contributed by atoms with van der Waals surface area (Å²) < 4.78 is 7.49. The lowest BCUT2D eigenvalue weighted by atomic mass is 10.0. The van der Waals surface area contributed by atoms with E-state index in [9.17, 15) is 0 Å². The second-order valence-electron chi connectivity index (χ2n) is 7.11. The van der Waals surface area contributed by atoms with Gasteiger partial charge in [0.05, 0.1) is 16.4 Å². The van der Waals surface area contributed by atoms with Crippen LogP contribution >= 0.6 is 0 Å². The molecule has 0 aliphatic carbocycles. The minimum atomic E-state index is 0.613. The largest absolute Gasteiger partial charge is 0.381 e. The summed E-state index contributed by atoms with van der Waals surface area (Å²) in [5.41, 5.74) is 3.89. The van der Waals surface area contributed by atoms with Gasteiger partial charge in [-0.05, 0) is 30.9 Å². The first-order valence-electron chi connectivity index (χ1n) is 9.36. The van der Waals surface area contributed by atoms with E-state index in [1.807, 2.05) is 35.9 Å². The number of aryl methyl sites for hydroxylation is 1. The van der Waals surface area contributed by atoms with Crippen LogP contribution in [0.4, 0.5) is 5.82 Å². The Morgan fingerprint density at radius 1 is 1.22 bits per heavy atom. The van der Waals surface area contributed by atoms with Crippen molar-refractivity contribution in [2.75, 3.05) is 25.1 Å². The molecule has 1 aliphatic heterocycles. The number of rotatable bonds is 4. The van der Waals surface area contributed by atoms with Crippen LogP contribution in [0.5, 0.6) is 0 Å². The first kappa shape index (κ1) is 16.3. The minimum Gasteiger partial charge on any atom is -0.381 e. The monoisotopic (exact) mass is 362 g/mol. The Bertz CT molecular complexity index is 1060. The summed E-state index contributed by atoms with van der Waals surface area (Å²) in [6.07, 6.45) is 5.87. The fraction of sp³-hybridized carbons (Fsp3) is 0.350. The molecular weight excluding hydrogens is 340 g/mol. The maximum atomic E-state index is 5.46. The third-order valence-electron chi connectivity index (χ3n) is 5.30. The summed E-state index contributed by atoms with van der Waals surface area (Å²) in [5, 5.41) is 4.56. The molecule has 1 fully saturated rings. The van der Waals surface area contributed by atoms with Crippen LogP contribution in [-0.4, -0.2) is 44.3 Å². The molecule has 7 heteroatoms. The number of benzene rings is 1. The molecule has 5 rings (SSSR count). The van der Waals surface area contributed by atoms with E-state index in [1.54, 1.807) is 6.33 Å². The van der Waals surface area contributed by atoms with Gasteiger partial charge in [0.1, 0.15) is 23.6 Å². The van der Waals surface area contributed by atoms with E-state index in [4.69, 9.17) is 9.72 Å². The van der Waals surface area contributed by atoms with Crippen LogP contribution in [0, 0.1) is 5.92 Å². The van der Waals surface area contributed by atoms with Crippen LogP contribution in [0.2, 0.25) is 0 Å². The first-order chi connectivity index (χ1) is 13.3. The number of imidazole rings is 1. The average Bonchev–Trinajstić information content (AvgIpc) is 3.29. The van der Waals surface area contributed by atoms with Crippen LogP contribution in [0.25, 0.3) is 33.5 Å². The molecule has 0 bridgehead atoms. The van der Waals surface area contributed by atoms with Gasteiger partial charge in [-0.15, -0.1) is 0 Å². The van der Waals surface area contributed by atoms with Gasteiger partial charge in [0.25, 0.3) is 0 Å². The topological polar surface area (TPSA) is 80.7 Å². The lowest BCUT2D eigenvalue weighted by molar-refractivity contribution is 0.0699. The van der Waals surface area contributed by atoms with Crippen LogP contribution in [0.15, 0.2) is 36.8 Å². The van der Waals surface area contributed by atoms with Crippen LogP contribution in [0.1, 0.15) is 12.8 Å². The van der Waals surface area contributed by atoms with Gasteiger partial charge >= 0.3 is 0 Å². The van der Waals surface area contributed by atoms with E-state index in [-0.39, 0.29) is 0 Å². The molecule has 2 N–H and O–H groups in total. The summed E-state index contributed by atoms with van der Waals surface area (Å²) in [4.78, 5) is 17.2. The Kier molecular flexibility index (Phi) is 4.01. The van der Waals surface area contributed by atoms with Gasteiger partial charge in [0.2, 0.25) is 0 Å². The van der Waals surface area contributed by atoms with E-state index in [1.165, 1.54) is 0 Å². The third-order valence-corrected chi connectivity index (χ3v) is 5.30. The number of ether oxygens (including phenoxy) is 1. The number of hydrogen-bond donors (Lipinski definition) is 2. The first-order valence-corrected chi connectivity index (χ1v) is 9.36. The number of hydrogen-bond acceptors (Lipinski definition) is 5. The fourth-order valence-corrected chi connectivity index (χ4v) is 3.80. The van der Waals surface area contributed by atoms with Crippen molar-refractivity contribution in [2.45, 2.75) is 12.8 Å². The highest BCUT2D eigenvalue weighted by atomic mass is 16.5. The number of para-hydroxylation sites is 2. The SMILES string of the molecule is Cn1cc(-c2nc3ccccc3[nH]2)c2c(NCC3CCOCC3)ncnc21. The van der Waals surface area contributed by atoms with E-state index in [0.717, 1.165) is 71.9 Å². The Balaban J connectivity index is 1.56. The summed E-state index contributed by atoms with van der Waals surface area (Å²) in [6, 6.07) is 8.07. The molecule has 3 aromatic heterocycles. The second-order valence-corrected chi connectivity index (χ2v) is 7.11. The van der Waals surface area contributed by atoms with Crippen molar-refractivity contribution in [2.24, 2.45) is 13.0 Å². The quantitative estimate of drug-likeness (QED) is 0.582. The van der Waals surface area contributed by atoms with Crippen molar-refractivity contribution in [1.82, 2.24) is 24.5 Å². The molecular formula is C20H22N6O. The summed E-state index contributed by atoms with van der Waals surface area (Å²) in [6.45, 7) is 2.59. The third kappa shape index (κ3) is 2.94. The summed E-state index contributed by atoms with van der Waals surface area (Å²) >= 11 is 0. The lowest BCUT2D eigenvalue weighted by Crippen LogP contribution is -2.23. The second kappa shape index (κ2) is 6.66. The Morgan fingerprint density at radius 2 is 2.07 bits per heavy atom. The van der Waals surface area contributed by atoms with Crippen LogP contribution in [0.3, 0.4) is 0 Å². The van der Waals surface area contributed by atoms with E-state index < -0.39 is 0 Å². The van der Waals surface area contributed by atoms with Crippen molar-refractivity contribution in [3.05, 3.63) is 36.8 Å². The smallest absolute Gasteiger partial charge is 0.145 e. The Labute approximate surface area is 156 Å². The van der Waals surface area contributed by atoms with Crippen LogP contribution < -0.4 is 5.32 Å². The number of nitrogens with zero attached hydrogens (tertiary/aromatic N) is 4. The van der Waals surface area contributed by atoms with E-state index in [0.29, 0.717) is 5.92 Å². The zero-order valence-corrected chi connectivity index (χ0v) is 15.3. The molecule has 138 valence electrons. The summed E-state index contributed by atoms with van der Waals surface area (Å²) in [5.74, 6) is 2.32. The van der Waals surface area contributed by atoms with Gasteiger partial charge in [-0.3, -0.25) is 0 Å². The minimum absolute atomic E-state index is 0.613. The lowest BCUT2D eigenvalue weighted by Gasteiger charge is -2.22. The molecule has 0 atom stereocenters. The van der Waals surface area contributed by atoms with Gasteiger partial charge in [0, 0.05) is 38.6 Å². The highest BCUT2D eigenvalue weighted by molar-refractivity contribution is 6.01. The maximum absolute atomic E-state index is 5.46. The molecule has 0 saturated carbocycles. The molecule has 1 aliphatic rings. The predicted octanol–water partition coefficient (Wildman–Crippen LogP) is 3.35. The van der Waals surface area contributed by atoms with Gasteiger partial charge in [-0.25, -0.2) is 15.0 Å². The zero-order chi connectivity index (χ0) is 18.2.